The van der Waals surface area contributed by atoms with Crippen LogP contribution in [0.3, 0.4) is 0 Å². The van der Waals surface area contributed by atoms with Gasteiger partial charge in [-0.2, -0.15) is 0 Å². The van der Waals surface area contributed by atoms with Gasteiger partial charge < -0.3 is 10.6 Å². The van der Waals surface area contributed by atoms with Crippen LogP contribution in [0.1, 0.15) is 44.7 Å². The molecule has 1 aromatic carbocycles. The molecule has 0 heterocycles. The predicted octanol–water partition coefficient (Wildman–Crippen LogP) is 4.10. The van der Waals surface area contributed by atoms with E-state index in [-0.39, 0.29) is 6.04 Å². The van der Waals surface area contributed by atoms with Crippen LogP contribution in [0.25, 0.3) is 0 Å². The molecule has 0 aromatic heterocycles. The zero-order valence-corrected chi connectivity index (χ0v) is 12.9. The molecule has 1 atom stereocenters. The van der Waals surface area contributed by atoms with E-state index in [1.807, 2.05) is 6.92 Å². The van der Waals surface area contributed by atoms with E-state index >= 15 is 0 Å². The lowest BCUT2D eigenvalue weighted by Crippen LogP contribution is -2.27. The van der Waals surface area contributed by atoms with Gasteiger partial charge in [0.05, 0.1) is 5.69 Å². The Hall–Kier alpha value is -0.540. The summed E-state index contributed by atoms with van der Waals surface area (Å²) in [4.78, 5) is 2.51. The number of hydrogen-bond acceptors (Lipinski definition) is 2. The third kappa shape index (κ3) is 3.48. The second-order valence-corrected chi connectivity index (χ2v) is 6.24. The largest absolute Gasteiger partial charge is 0.370 e. The van der Waals surface area contributed by atoms with Crippen molar-refractivity contribution in [2.45, 2.75) is 39.2 Å². The van der Waals surface area contributed by atoms with Crippen LogP contribution in [0.4, 0.5) is 5.69 Å². The average Bonchev–Trinajstić information content (AvgIpc) is 3.12. The Bertz CT molecular complexity index is 399. The Kier molecular flexibility index (Phi) is 4.68. The first-order chi connectivity index (χ1) is 8.61. The fourth-order valence-corrected chi connectivity index (χ4v) is 2.90. The van der Waals surface area contributed by atoms with E-state index in [2.05, 4.69) is 46.0 Å². The molecule has 2 nitrogen and oxygen atoms in total. The van der Waals surface area contributed by atoms with Crippen molar-refractivity contribution in [1.82, 2.24) is 0 Å². The molecule has 0 saturated heterocycles. The maximum Gasteiger partial charge on any atom is 0.0510 e. The minimum atomic E-state index is 0.0957. The van der Waals surface area contributed by atoms with Crippen molar-refractivity contribution >= 4 is 21.6 Å². The minimum absolute atomic E-state index is 0.0957. The molecule has 3 heteroatoms. The van der Waals surface area contributed by atoms with Gasteiger partial charge in [-0.15, -0.1) is 0 Å². The molecule has 0 amide bonds. The van der Waals surface area contributed by atoms with E-state index in [9.17, 15) is 0 Å². The molecule has 18 heavy (non-hydrogen) atoms. The topological polar surface area (TPSA) is 29.3 Å². The van der Waals surface area contributed by atoms with Gasteiger partial charge in [0.1, 0.15) is 0 Å². The normalized spacial score (nSPS) is 16.7. The standard InChI is InChI=1S/C15H23BrN2/c1-3-8-18(10-12-4-5-12)15-7-6-13(11(2)17)9-14(15)16/h6-7,9,11-12H,3-5,8,10,17H2,1-2H3/t11-/m0/s1. The maximum absolute atomic E-state index is 5.92. The summed E-state index contributed by atoms with van der Waals surface area (Å²) in [5.41, 5.74) is 8.43. The molecule has 0 bridgehead atoms. The smallest absolute Gasteiger partial charge is 0.0510 e. The summed E-state index contributed by atoms with van der Waals surface area (Å²) in [6, 6.07) is 6.62. The zero-order chi connectivity index (χ0) is 13.1. The van der Waals surface area contributed by atoms with Crippen molar-refractivity contribution in [2.75, 3.05) is 18.0 Å². The molecular formula is C15H23BrN2. The number of nitrogens with zero attached hydrogens (tertiary/aromatic N) is 1. The first kappa shape index (κ1) is 13.9. The third-order valence-electron chi connectivity index (χ3n) is 3.51. The van der Waals surface area contributed by atoms with E-state index in [4.69, 9.17) is 5.73 Å². The van der Waals surface area contributed by atoms with Gasteiger partial charge in [0.15, 0.2) is 0 Å². The van der Waals surface area contributed by atoms with E-state index in [1.54, 1.807) is 0 Å². The zero-order valence-electron chi connectivity index (χ0n) is 11.3. The highest BCUT2D eigenvalue weighted by Gasteiger charge is 2.25. The number of anilines is 1. The quantitative estimate of drug-likeness (QED) is 0.857. The van der Waals surface area contributed by atoms with Gasteiger partial charge in [-0.3, -0.25) is 0 Å². The van der Waals surface area contributed by atoms with Gasteiger partial charge in [0.25, 0.3) is 0 Å². The number of halogens is 1. The molecule has 0 unspecified atom stereocenters. The molecule has 100 valence electrons. The maximum atomic E-state index is 5.92. The van der Waals surface area contributed by atoms with Gasteiger partial charge in [0.2, 0.25) is 0 Å². The van der Waals surface area contributed by atoms with Crippen molar-refractivity contribution < 1.29 is 0 Å². The SMILES string of the molecule is CCCN(CC1CC1)c1ccc([C@H](C)N)cc1Br. The summed E-state index contributed by atoms with van der Waals surface area (Å²) in [5, 5.41) is 0. The molecule has 2 rings (SSSR count). The number of hydrogen-bond donors (Lipinski definition) is 1. The van der Waals surface area contributed by atoms with Gasteiger partial charge >= 0.3 is 0 Å². The van der Waals surface area contributed by atoms with E-state index in [1.165, 1.54) is 41.5 Å². The molecule has 1 saturated carbocycles. The second kappa shape index (κ2) is 6.07. The fraction of sp³-hybridized carbons (Fsp3) is 0.600. The highest BCUT2D eigenvalue weighted by Crippen LogP contribution is 2.34. The molecule has 1 aliphatic carbocycles. The summed E-state index contributed by atoms with van der Waals surface area (Å²) >= 11 is 3.70. The van der Waals surface area contributed by atoms with Gasteiger partial charge in [0, 0.05) is 23.6 Å². The molecule has 1 fully saturated rings. The third-order valence-corrected chi connectivity index (χ3v) is 4.14. The summed E-state index contributed by atoms with van der Waals surface area (Å²) in [6.45, 7) is 6.59. The van der Waals surface area contributed by atoms with Gasteiger partial charge in [-0.05, 0) is 65.7 Å². The first-order valence-corrected chi connectivity index (χ1v) is 7.71. The van der Waals surface area contributed by atoms with E-state index in [0.29, 0.717) is 0 Å². The Labute approximate surface area is 119 Å². The number of nitrogens with two attached hydrogens (primary N) is 1. The van der Waals surface area contributed by atoms with Crippen molar-refractivity contribution in [3.05, 3.63) is 28.2 Å². The van der Waals surface area contributed by atoms with E-state index < -0.39 is 0 Å². The van der Waals surface area contributed by atoms with Crippen LogP contribution in [0, 0.1) is 5.92 Å². The Morgan fingerprint density at radius 3 is 2.67 bits per heavy atom. The first-order valence-electron chi connectivity index (χ1n) is 6.91. The van der Waals surface area contributed by atoms with Crippen LogP contribution in [-0.2, 0) is 0 Å². The Balaban J connectivity index is 2.17. The Morgan fingerprint density at radius 1 is 1.44 bits per heavy atom. The highest BCUT2D eigenvalue weighted by molar-refractivity contribution is 9.10. The molecule has 0 spiro atoms. The monoisotopic (exact) mass is 310 g/mol. The number of rotatable bonds is 6. The van der Waals surface area contributed by atoms with Crippen LogP contribution >= 0.6 is 15.9 Å². The van der Waals surface area contributed by atoms with Crippen LogP contribution < -0.4 is 10.6 Å². The van der Waals surface area contributed by atoms with Crippen molar-refractivity contribution in [1.29, 1.82) is 0 Å². The lowest BCUT2D eigenvalue weighted by atomic mass is 10.1. The molecule has 1 aliphatic rings. The summed E-state index contributed by atoms with van der Waals surface area (Å²) in [5.74, 6) is 0.913. The lowest BCUT2D eigenvalue weighted by Gasteiger charge is -2.26. The van der Waals surface area contributed by atoms with Crippen molar-refractivity contribution in [2.24, 2.45) is 11.7 Å². The summed E-state index contributed by atoms with van der Waals surface area (Å²) in [7, 11) is 0. The molecule has 1 aromatic rings. The van der Waals surface area contributed by atoms with Crippen LogP contribution in [0.5, 0.6) is 0 Å². The fourth-order valence-electron chi connectivity index (χ4n) is 2.25. The minimum Gasteiger partial charge on any atom is -0.370 e. The number of benzene rings is 1. The molecule has 2 N–H and O–H groups in total. The highest BCUT2D eigenvalue weighted by atomic mass is 79.9. The molecular weight excluding hydrogens is 288 g/mol. The van der Waals surface area contributed by atoms with Crippen molar-refractivity contribution in [3.63, 3.8) is 0 Å². The lowest BCUT2D eigenvalue weighted by molar-refractivity contribution is 0.706. The predicted molar refractivity (Wildman–Crippen MR) is 82.0 cm³/mol. The summed E-state index contributed by atoms with van der Waals surface area (Å²) < 4.78 is 1.17. The van der Waals surface area contributed by atoms with Crippen LogP contribution in [0.15, 0.2) is 22.7 Å². The van der Waals surface area contributed by atoms with Crippen molar-refractivity contribution in [3.8, 4) is 0 Å². The second-order valence-electron chi connectivity index (χ2n) is 5.39. The van der Waals surface area contributed by atoms with Gasteiger partial charge in [-0.1, -0.05) is 13.0 Å². The van der Waals surface area contributed by atoms with E-state index in [0.717, 1.165) is 12.5 Å². The van der Waals surface area contributed by atoms with Crippen LogP contribution in [0.2, 0.25) is 0 Å². The van der Waals surface area contributed by atoms with Gasteiger partial charge in [-0.25, -0.2) is 0 Å². The summed E-state index contributed by atoms with van der Waals surface area (Å²) in [6.07, 6.45) is 3.99. The van der Waals surface area contributed by atoms with Crippen LogP contribution in [-0.4, -0.2) is 13.1 Å². The molecule has 0 radical (unpaired) electrons. The average molecular weight is 311 g/mol. The Morgan fingerprint density at radius 2 is 2.17 bits per heavy atom. The molecule has 0 aliphatic heterocycles.